The van der Waals surface area contributed by atoms with Crippen molar-refractivity contribution in [3.05, 3.63) is 60.7 Å². The number of nitrogens with zero attached hydrogens (tertiary/aromatic N) is 1. The van der Waals surface area contributed by atoms with Crippen molar-refractivity contribution in [2.24, 2.45) is 5.92 Å². The van der Waals surface area contributed by atoms with Crippen LogP contribution in [0.5, 0.6) is 0 Å². The Morgan fingerprint density at radius 3 is 2.29 bits per heavy atom. The van der Waals surface area contributed by atoms with Crippen LogP contribution < -0.4 is 10.6 Å². The van der Waals surface area contributed by atoms with Gasteiger partial charge in [0.1, 0.15) is 0 Å². The summed E-state index contributed by atoms with van der Waals surface area (Å²) in [5.41, 5.74) is 0.825. The third kappa shape index (κ3) is 6.60. The predicted molar refractivity (Wildman–Crippen MR) is 115 cm³/mol. The topological polar surface area (TPSA) is 61.4 Å². The smallest absolute Gasteiger partial charge is 0.321 e. The van der Waals surface area contributed by atoms with E-state index in [2.05, 4.69) is 10.6 Å². The van der Waals surface area contributed by atoms with Crippen molar-refractivity contribution in [2.45, 2.75) is 24.2 Å². The summed E-state index contributed by atoms with van der Waals surface area (Å²) >= 11 is 1.56. The molecule has 0 unspecified atom stereocenters. The van der Waals surface area contributed by atoms with Crippen molar-refractivity contribution in [3.63, 3.8) is 0 Å². The number of rotatable bonds is 7. The maximum absolute atomic E-state index is 12.3. The number of carbonyl (C=O) groups is 2. The second kappa shape index (κ2) is 10.8. The van der Waals surface area contributed by atoms with Crippen molar-refractivity contribution in [1.82, 2.24) is 10.2 Å². The molecule has 0 saturated carbocycles. The van der Waals surface area contributed by atoms with Gasteiger partial charge in [0, 0.05) is 30.2 Å². The summed E-state index contributed by atoms with van der Waals surface area (Å²) in [5, 5.41) is 5.95. The minimum Gasteiger partial charge on any atom is -0.355 e. The summed E-state index contributed by atoms with van der Waals surface area (Å²) in [6, 6.07) is 19.5. The Morgan fingerprint density at radius 2 is 1.61 bits per heavy atom. The molecule has 2 aromatic carbocycles. The number of hydrogen-bond donors (Lipinski definition) is 2. The predicted octanol–water partition coefficient (Wildman–Crippen LogP) is 4.23. The van der Waals surface area contributed by atoms with Crippen LogP contribution in [-0.2, 0) is 4.79 Å². The fourth-order valence-corrected chi connectivity index (χ4v) is 4.03. The molecule has 2 aromatic rings. The van der Waals surface area contributed by atoms with Gasteiger partial charge >= 0.3 is 6.03 Å². The molecule has 28 heavy (non-hydrogen) atoms. The summed E-state index contributed by atoms with van der Waals surface area (Å²) in [7, 11) is 0. The van der Waals surface area contributed by atoms with Gasteiger partial charge in [-0.3, -0.25) is 4.79 Å². The average Bonchev–Trinajstić information content (AvgIpc) is 2.74. The number of piperidine rings is 1. The third-order valence-corrected chi connectivity index (χ3v) is 5.93. The summed E-state index contributed by atoms with van der Waals surface area (Å²) in [5.74, 6) is 1.08. The van der Waals surface area contributed by atoms with E-state index in [1.54, 1.807) is 11.8 Å². The lowest BCUT2D eigenvalue weighted by Gasteiger charge is -2.32. The molecular weight excluding hydrogens is 370 g/mol. The van der Waals surface area contributed by atoms with Gasteiger partial charge in [-0.2, -0.15) is 0 Å². The lowest BCUT2D eigenvalue weighted by molar-refractivity contribution is -0.118. The van der Waals surface area contributed by atoms with Crippen LogP contribution in [0.1, 0.15) is 19.3 Å². The SMILES string of the molecule is O=C(CSc1ccccc1)NCCC1CCN(C(=O)Nc2ccccc2)CC1. The minimum atomic E-state index is -0.0316. The molecule has 3 amide bonds. The zero-order chi connectivity index (χ0) is 19.6. The van der Waals surface area contributed by atoms with Crippen LogP contribution >= 0.6 is 11.8 Å². The summed E-state index contributed by atoms with van der Waals surface area (Å²) < 4.78 is 0. The van der Waals surface area contributed by atoms with Crippen LogP contribution in [0, 0.1) is 5.92 Å². The summed E-state index contributed by atoms with van der Waals surface area (Å²) in [6.45, 7) is 2.23. The number of nitrogens with one attached hydrogen (secondary N) is 2. The number of urea groups is 1. The molecule has 1 fully saturated rings. The standard InChI is InChI=1S/C22H27N3O2S/c26-21(17-28-20-9-5-2-6-10-20)23-14-11-18-12-15-25(16-13-18)22(27)24-19-7-3-1-4-8-19/h1-10,18H,11-17H2,(H,23,26)(H,24,27). The third-order valence-electron chi connectivity index (χ3n) is 4.91. The highest BCUT2D eigenvalue weighted by Gasteiger charge is 2.22. The molecule has 2 N–H and O–H groups in total. The van der Waals surface area contributed by atoms with E-state index < -0.39 is 0 Å². The van der Waals surface area contributed by atoms with Crippen LogP contribution in [0.2, 0.25) is 0 Å². The molecule has 0 bridgehead atoms. The quantitative estimate of drug-likeness (QED) is 0.688. The number of thioether (sulfide) groups is 1. The van der Waals surface area contributed by atoms with E-state index in [1.807, 2.05) is 65.6 Å². The van der Waals surface area contributed by atoms with Gasteiger partial charge in [0.15, 0.2) is 0 Å². The maximum Gasteiger partial charge on any atom is 0.321 e. The lowest BCUT2D eigenvalue weighted by atomic mass is 9.94. The molecule has 148 valence electrons. The zero-order valence-electron chi connectivity index (χ0n) is 16.0. The van der Waals surface area contributed by atoms with Gasteiger partial charge in [0.25, 0.3) is 0 Å². The molecule has 0 spiro atoms. The number of anilines is 1. The number of benzene rings is 2. The normalized spacial score (nSPS) is 14.5. The van der Waals surface area contributed by atoms with Crippen LogP contribution in [0.15, 0.2) is 65.6 Å². The Bertz CT molecular complexity index is 747. The Labute approximate surface area is 170 Å². The second-order valence-electron chi connectivity index (χ2n) is 6.97. The van der Waals surface area contributed by atoms with Gasteiger partial charge in [-0.25, -0.2) is 4.79 Å². The molecule has 3 rings (SSSR count). The molecule has 1 saturated heterocycles. The number of likely N-dealkylation sites (tertiary alicyclic amines) is 1. The highest BCUT2D eigenvalue weighted by atomic mass is 32.2. The average molecular weight is 398 g/mol. The number of para-hydroxylation sites is 1. The van der Waals surface area contributed by atoms with Crippen molar-refractivity contribution < 1.29 is 9.59 Å². The first kappa shape index (κ1) is 20.3. The molecular formula is C22H27N3O2S. The van der Waals surface area contributed by atoms with Gasteiger partial charge < -0.3 is 15.5 Å². The summed E-state index contributed by atoms with van der Waals surface area (Å²) in [6.07, 6.45) is 2.93. The molecule has 0 atom stereocenters. The maximum atomic E-state index is 12.3. The Morgan fingerprint density at radius 1 is 0.964 bits per heavy atom. The number of hydrogen-bond acceptors (Lipinski definition) is 3. The van der Waals surface area contributed by atoms with Crippen molar-refractivity contribution in [2.75, 3.05) is 30.7 Å². The highest BCUT2D eigenvalue weighted by Crippen LogP contribution is 2.21. The highest BCUT2D eigenvalue weighted by molar-refractivity contribution is 8.00. The van der Waals surface area contributed by atoms with E-state index in [4.69, 9.17) is 0 Å². The molecule has 1 aliphatic heterocycles. The van der Waals surface area contributed by atoms with Crippen LogP contribution in [0.4, 0.5) is 10.5 Å². The first-order chi connectivity index (χ1) is 13.7. The van der Waals surface area contributed by atoms with Crippen molar-refractivity contribution in [1.29, 1.82) is 0 Å². The van der Waals surface area contributed by atoms with E-state index in [9.17, 15) is 9.59 Å². The lowest BCUT2D eigenvalue weighted by Crippen LogP contribution is -2.41. The van der Waals surface area contributed by atoms with Crippen molar-refractivity contribution in [3.8, 4) is 0 Å². The van der Waals surface area contributed by atoms with E-state index in [1.165, 1.54) is 0 Å². The number of amides is 3. The summed E-state index contributed by atoms with van der Waals surface area (Å²) in [4.78, 5) is 27.3. The molecule has 0 aliphatic carbocycles. The van der Waals surface area contributed by atoms with Gasteiger partial charge in [0.2, 0.25) is 5.91 Å². The minimum absolute atomic E-state index is 0.0316. The molecule has 1 aliphatic rings. The van der Waals surface area contributed by atoms with Crippen LogP contribution in [0.3, 0.4) is 0 Å². The fraction of sp³-hybridized carbons (Fsp3) is 0.364. The van der Waals surface area contributed by atoms with E-state index in [0.29, 0.717) is 18.2 Å². The molecule has 0 aromatic heterocycles. The fourth-order valence-electron chi connectivity index (χ4n) is 3.28. The van der Waals surface area contributed by atoms with Gasteiger partial charge in [-0.05, 0) is 49.4 Å². The first-order valence-corrected chi connectivity index (χ1v) is 10.7. The van der Waals surface area contributed by atoms with Crippen molar-refractivity contribution >= 4 is 29.4 Å². The largest absolute Gasteiger partial charge is 0.355 e. The van der Waals surface area contributed by atoms with Crippen LogP contribution in [0.25, 0.3) is 0 Å². The first-order valence-electron chi connectivity index (χ1n) is 9.76. The van der Waals surface area contributed by atoms with Gasteiger partial charge in [0.05, 0.1) is 5.75 Å². The zero-order valence-corrected chi connectivity index (χ0v) is 16.8. The molecule has 6 heteroatoms. The number of carbonyl (C=O) groups excluding carboxylic acids is 2. The van der Waals surface area contributed by atoms with E-state index in [-0.39, 0.29) is 11.9 Å². The molecule has 5 nitrogen and oxygen atoms in total. The van der Waals surface area contributed by atoms with Gasteiger partial charge in [-0.1, -0.05) is 36.4 Å². The molecule has 0 radical (unpaired) electrons. The Kier molecular flexibility index (Phi) is 7.79. The van der Waals surface area contributed by atoms with E-state index in [0.717, 1.165) is 42.9 Å². The van der Waals surface area contributed by atoms with E-state index >= 15 is 0 Å². The Hall–Kier alpha value is -2.47. The Balaban J connectivity index is 1.29. The van der Waals surface area contributed by atoms with Gasteiger partial charge in [-0.15, -0.1) is 11.8 Å². The monoisotopic (exact) mass is 397 g/mol. The van der Waals surface area contributed by atoms with Crippen LogP contribution in [-0.4, -0.2) is 42.2 Å². The second-order valence-corrected chi connectivity index (χ2v) is 8.02. The molecule has 1 heterocycles.